The molecule has 1 aromatic rings. The van der Waals surface area contributed by atoms with Gasteiger partial charge in [-0.2, -0.15) is 13.2 Å². The molecule has 112 valence electrons. The SMILES string of the molecule is CC1(O)N=C(c2cccc(C(F)(F)F)c2)NC1(C)O.Cl. The zero-order chi connectivity index (χ0) is 14.5. The molecule has 0 aromatic heterocycles. The number of aliphatic imine (C=N–C) groups is 1. The Balaban J connectivity index is 0.00000200. The molecule has 2 unspecified atom stereocenters. The Hall–Kier alpha value is -1.31. The minimum absolute atomic E-state index is 0. The van der Waals surface area contributed by atoms with Crippen molar-refractivity contribution in [3.8, 4) is 0 Å². The number of nitrogens with one attached hydrogen (secondary N) is 1. The monoisotopic (exact) mass is 310 g/mol. The summed E-state index contributed by atoms with van der Waals surface area (Å²) in [6.45, 7) is 2.55. The molecule has 20 heavy (non-hydrogen) atoms. The Morgan fingerprint density at radius 1 is 1.20 bits per heavy atom. The molecule has 0 fully saturated rings. The number of amidine groups is 1. The maximum Gasteiger partial charge on any atom is 0.416 e. The first-order chi connectivity index (χ1) is 8.53. The molecule has 0 amide bonds. The van der Waals surface area contributed by atoms with E-state index in [-0.39, 0.29) is 23.8 Å². The van der Waals surface area contributed by atoms with Gasteiger partial charge in [-0.3, -0.25) is 0 Å². The maximum atomic E-state index is 12.6. The molecule has 0 bridgehead atoms. The van der Waals surface area contributed by atoms with Crippen LogP contribution in [-0.4, -0.2) is 27.5 Å². The van der Waals surface area contributed by atoms with Gasteiger partial charge >= 0.3 is 6.18 Å². The van der Waals surface area contributed by atoms with Crippen LogP contribution >= 0.6 is 12.4 Å². The van der Waals surface area contributed by atoms with E-state index in [1.807, 2.05) is 0 Å². The lowest BCUT2D eigenvalue weighted by molar-refractivity contribution is -0.137. The second-order valence-corrected chi connectivity index (χ2v) is 4.76. The Morgan fingerprint density at radius 3 is 2.25 bits per heavy atom. The van der Waals surface area contributed by atoms with E-state index < -0.39 is 23.2 Å². The molecule has 1 aliphatic rings. The minimum Gasteiger partial charge on any atom is -0.367 e. The number of hydrogen-bond acceptors (Lipinski definition) is 4. The summed E-state index contributed by atoms with van der Waals surface area (Å²) < 4.78 is 37.8. The van der Waals surface area contributed by atoms with Crippen molar-refractivity contribution in [2.45, 2.75) is 31.5 Å². The van der Waals surface area contributed by atoms with Crippen LogP contribution in [-0.2, 0) is 6.18 Å². The van der Waals surface area contributed by atoms with Gasteiger partial charge in [0, 0.05) is 5.56 Å². The number of halogens is 4. The highest BCUT2D eigenvalue weighted by atomic mass is 35.5. The highest BCUT2D eigenvalue weighted by molar-refractivity contribution is 6.00. The summed E-state index contributed by atoms with van der Waals surface area (Å²) in [7, 11) is 0. The third-order valence-electron chi connectivity index (χ3n) is 3.08. The molecule has 3 N–H and O–H groups in total. The van der Waals surface area contributed by atoms with Crippen molar-refractivity contribution >= 4 is 18.2 Å². The van der Waals surface area contributed by atoms with Crippen LogP contribution in [0.15, 0.2) is 29.3 Å². The summed E-state index contributed by atoms with van der Waals surface area (Å²) in [6, 6.07) is 4.50. The number of benzene rings is 1. The molecule has 1 aromatic carbocycles. The predicted molar refractivity (Wildman–Crippen MR) is 69.6 cm³/mol. The van der Waals surface area contributed by atoms with Crippen LogP contribution in [0.2, 0.25) is 0 Å². The van der Waals surface area contributed by atoms with Gasteiger partial charge in [-0.05, 0) is 26.0 Å². The fraction of sp³-hybridized carbons (Fsp3) is 0.417. The zero-order valence-electron chi connectivity index (χ0n) is 10.7. The van der Waals surface area contributed by atoms with E-state index in [2.05, 4.69) is 10.3 Å². The predicted octanol–water partition coefficient (Wildman–Crippen LogP) is 1.89. The molecular formula is C12H14ClF3N2O2. The molecule has 0 spiro atoms. The molecule has 1 aliphatic heterocycles. The normalized spacial score (nSPS) is 29.4. The minimum atomic E-state index is -4.46. The second kappa shape index (κ2) is 4.91. The smallest absolute Gasteiger partial charge is 0.367 e. The Morgan fingerprint density at radius 2 is 1.80 bits per heavy atom. The van der Waals surface area contributed by atoms with Gasteiger partial charge < -0.3 is 15.5 Å². The highest BCUT2D eigenvalue weighted by Crippen LogP contribution is 2.31. The van der Waals surface area contributed by atoms with Crippen molar-refractivity contribution in [3.63, 3.8) is 0 Å². The third-order valence-corrected chi connectivity index (χ3v) is 3.08. The summed E-state index contributed by atoms with van der Waals surface area (Å²) in [5, 5.41) is 22.2. The van der Waals surface area contributed by atoms with Gasteiger partial charge in [0.05, 0.1) is 5.56 Å². The van der Waals surface area contributed by atoms with Crippen LogP contribution < -0.4 is 5.32 Å². The number of hydrogen-bond donors (Lipinski definition) is 3. The van der Waals surface area contributed by atoms with Gasteiger partial charge in [0.2, 0.25) is 5.72 Å². The molecule has 1 heterocycles. The van der Waals surface area contributed by atoms with E-state index in [1.165, 1.54) is 26.0 Å². The number of nitrogens with zero attached hydrogens (tertiary/aromatic N) is 1. The molecule has 4 nitrogen and oxygen atoms in total. The molecular weight excluding hydrogens is 297 g/mol. The van der Waals surface area contributed by atoms with Gasteiger partial charge in [-0.1, -0.05) is 12.1 Å². The fourth-order valence-corrected chi connectivity index (χ4v) is 1.68. The number of rotatable bonds is 1. The molecule has 0 saturated heterocycles. The first-order valence-electron chi connectivity index (χ1n) is 5.53. The zero-order valence-corrected chi connectivity index (χ0v) is 11.5. The average Bonchev–Trinajstić information content (AvgIpc) is 2.47. The fourth-order valence-electron chi connectivity index (χ4n) is 1.68. The van der Waals surface area contributed by atoms with E-state index in [1.54, 1.807) is 0 Å². The van der Waals surface area contributed by atoms with E-state index in [0.717, 1.165) is 12.1 Å². The van der Waals surface area contributed by atoms with E-state index in [4.69, 9.17) is 0 Å². The topological polar surface area (TPSA) is 64.9 Å². The molecule has 0 aliphatic carbocycles. The largest absolute Gasteiger partial charge is 0.416 e. The van der Waals surface area contributed by atoms with Gasteiger partial charge in [-0.15, -0.1) is 12.4 Å². The third kappa shape index (κ3) is 2.89. The maximum absolute atomic E-state index is 12.6. The number of aliphatic hydroxyl groups is 2. The number of alkyl halides is 3. The van der Waals surface area contributed by atoms with Crippen LogP contribution in [0.25, 0.3) is 0 Å². The average molecular weight is 311 g/mol. The van der Waals surface area contributed by atoms with Gasteiger partial charge in [-0.25, -0.2) is 4.99 Å². The van der Waals surface area contributed by atoms with Crippen molar-refractivity contribution < 1.29 is 23.4 Å². The molecule has 2 atom stereocenters. The second-order valence-electron chi connectivity index (χ2n) is 4.76. The molecule has 2 rings (SSSR count). The van der Waals surface area contributed by atoms with Crippen molar-refractivity contribution in [3.05, 3.63) is 35.4 Å². The Kier molecular flexibility index (Phi) is 4.11. The molecule has 8 heteroatoms. The summed E-state index contributed by atoms with van der Waals surface area (Å²) in [4.78, 5) is 3.81. The first-order valence-corrected chi connectivity index (χ1v) is 5.53. The van der Waals surface area contributed by atoms with E-state index in [9.17, 15) is 23.4 Å². The van der Waals surface area contributed by atoms with Crippen LogP contribution in [0, 0.1) is 0 Å². The lowest BCUT2D eigenvalue weighted by atomic mass is 10.1. The van der Waals surface area contributed by atoms with Crippen molar-refractivity contribution in [1.29, 1.82) is 0 Å². The van der Waals surface area contributed by atoms with Crippen molar-refractivity contribution in [2.75, 3.05) is 0 Å². The highest BCUT2D eigenvalue weighted by Gasteiger charge is 2.48. The van der Waals surface area contributed by atoms with Gasteiger partial charge in [0.1, 0.15) is 5.84 Å². The summed E-state index contributed by atoms with van der Waals surface area (Å²) in [5.74, 6) is 0.0149. The lowest BCUT2D eigenvalue weighted by Gasteiger charge is -2.29. The van der Waals surface area contributed by atoms with Crippen LogP contribution in [0.5, 0.6) is 0 Å². The van der Waals surface area contributed by atoms with Gasteiger partial charge in [0.25, 0.3) is 0 Å². The quantitative estimate of drug-likeness (QED) is 0.742. The van der Waals surface area contributed by atoms with Crippen LogP contribution in [0.3, 0.4) is 0 Å². The molecule has 0 saturated carbocycles. The van der Waals surface area contributed by atoms with Crippen molar-refractivity contribution in [2.24, 2.45) is 4.99 Å². The summed E-state index contributed by atoms with van der Waals surface area (Å²) in [5.41, 5.74) is -4.22. The van der Waals surface area contributed by atoms with Crippen LogP contribution in [0.1, 0.15) is 25.0 Å². The van der Waals surface area contributed by atoms with E-state index in [0.29, 0.717) is 0 Å². The Bertz CT molecular complexity index is 542. The molecule has 0 radical (unpaired) electrons. The summed E-state index contributed by atoms with van der Waals surface area (Å²) >= 11 is 0. The standard InChI is InChI=1S/C12H13F3N2O2.ClH/c1-10(18)11(2,19)17-9(16-10)7-4-3-5-8(6-7)12(13,14)15;/h3-6,18-19H,1-2H3,(H,16,17);1H. The lowest BCUT2D eigenvalue weighted by Crippen LogP contribution is -2.54. The van der Waals surface area contributed by atoms with E-state index >= 15 is 0 Å². The first kappa shape index (κ1) is 16.7. The van der Waals surface area contributed by atoms with Gasteiger partial charge in [0.15, 0.2) is 5.72 Å². The summed E-state index contributed by atoms with van der Waals surface area (Å²) in [6.07, 6.45) is -4.46. The van der Waals surface area contributed by atoms with Crippen molar-refractivity contribution in [1.82, 2.24) is 5.32 Å². The Labute approximate surface area is 119 Å². The van der Waals surface area contributed by atoms with Crippen LogP contribution in [0.4, 0.5) is 13.2 Å².